The molecule has 166 valence electrons. The number of rotatable bonds is 10. The molecule has 0 aliphatic carbocycles. The van der Waals surface area contributed by atoms with Crippen molar-refractivity contribution in [1.82, 2.24) is 15.1 Å². The van der Waals surface area contributed by atoms with Crippen LogP contribution in [0.2, 0.25) is 0 Å². The Bertz CT molecular complexity index is 725. The molecule has 1 heterocycles. The van der Waals surface area contributed by atoms with E-state index in [1.54, 1.807) is 12.2 Å². The maximum absolute atomic E-state index is 12.6. The van der Waals surface area contributed by atoms with Crippen LogP contribution in [0.4, 0.5) is 0 Å². The van der Waals surface area contributed by atoms with Crippen molar-refractivity contribution in [2.24, 2.45) is 0 Å². The van der Waals surface area contributed by atoms with E-state index in [4.69, 9.17) is 9.47 Å². The quantitative estimate of drug-likeness (QED) is 0.593. The van der Waals surface area contributed by atoms with Crippen LogP contribution >= 0.6 is 0 Å². The minimum Gasteiger partial charge on any atom is -0.490 e. The van der Waals surface area contributed by atoms with Crippen molar-refractivity contribution in [2.45, 2.75) is 40.2 Å². The van der Waals surface area contributed by atoms with Crippen LogP contribution in [0.25, 0.3) is 6.08 Å². The predicted octanol–water partition coefficient (Wildman–Crippen LogP) is 2.56. The third kappa shape index (κ3) is 7.71. The van der Waals surface area contributed by atoms with Crippen LogP contribution in [-0.4, -0.2) is 73.6 Å². The van der Waals surface area contributed by atoms with Gasteiger partial charge in [0.25, 0.3) is 0 Å². The fraction of sp³-hybridized carbons (Fsp3) is 0.565. The average molecular weight is 418 g/mol. The minimum absolute atomic E-state index is 0.0226. The monoisotopic (exact) mass is 417 g/mol. The largest absolute Gasteiger partial charge is 0.490 e. The fourth-order valence-electron chi connectivity index (χ4n) is 3.20. The number of benzene rings is 1. The Hall–Kier alpha value is -2.54. The maximum Gasteiger partial charge on any atom is 0.246 e. The average Bonchev–Trinajstić information content (AvgIpc) is 2.71. The zero-order chi connectivity index (χ0) is 21.9. The van der Waals surface area contributed by atoms with E-state index in [2.05, 4.69) is 17.1 Å². The first-order valence-electron chi connectivity index (χ1n) is 10.8. The van der Waals surface area contributed by atoms with Gasteiger partial charge in [0.05, 0.1) is 19.8 Å². The summed E-state index contributed by atoms with van der Waals surface area (Å²) in [6, 6.07) is 5.83. The molecule has 2 rings (SSSR count). The Morgan fingerprint density at radius 3 is 2.47 bits per heavy atom. The maximum atomic E-state index is 12.6. The summed E-state index contributed by atoms with van der Waals surface area (Å²) in [7, 11) is 0. The molecule has 0 spiro atoms. The van der Waals surface area contributed by atoms with E-state index >= 15 is 0 Å². The van der Waals surface area contributed by atoms with Crippen molar-refractivity contribution in [3.05, 3.63) is 29.8 Å². The molecule has 30 heavy (non-hydrogen) atoms. The molecule has 0 atom stereocenters. The summed E-state index contributed by atoms with van der Waals surface area (Å²) < 4.78 is 11.4. The third-order valence-corrected chi connectivity index (χ3v) is 4.65. The molecule has 1 fully saturated rings. The van der Waals surface area contributed by atoms with Crippen molar-refractivity contribution in [2.75, 3.05) is 45.9 Å². The second kappa shape index (κ2) is 12.2. The van der Waals surface area contributed by atoms with Crippen LogP contribution in [0.15, 0.2) is 24.3 Å². The van der Waals surface area contributed by atoms with Gasteiger partial charge < -0.3 is 19.7 Å². The van der Waals surface area contributed by atoms with Gasteiger partial charge in [0.2, 0.25) is 11.8 Å². The number of nitrogens with zero attached hydrogens (tertiary/aromatic N) is 2. The van der Waals surface area contributed by atoms with Gasteiger partial charge in [-0.3, -0.25) is 14.5 Å². The Kier molecular flexibility index (Phi) is 9.67. The van der Waals surface area contributed by atoms with Crippen molar-refractivity contribution < 1.29 is 19.1 Å². The van der Waals surface area contributed by atoms with E-state index < -0.39 is 0 Å². The van der Waals surface area contributed by atoms with Gasteiger partial charge >= 0.3 is 0 Å². The standard InChI is InChI=1S/C23H35N3O4/c1-5-15-30-20-9-7-19(16-21(20)29-6-2)8-10-23(28)26-13-11-25(12-14-26)17-22(27)24-18(3)4/h7-10,16,18H,5-6,11-15,17H2,1-4H3,(H,24,27)/b10-8+. The summed E-state index contributed by atoms with van der Waals surface area (Å²) in [6.07, 6.45) is 4.33. The Balaban J connectivity index is 1.88. The van der Waals surface area contributed by atoms with Crippen LogP contribution in [0.5, 0.6) is 11.5 Å². The normalized spacial score (nSPS) is 14.9. The van der Waals surface area contributed by atoms with E-state index in [-0.39, 0.29) is 17.9 Å². The molecule has 1 aliphatic heterocycles. The fourth-order valence-corrected chi connectivity index (χ4v) is 3.20. The lowest BCUT2D eigenvalue weighted by atomic mass is 10.1. The van der Waals surface area contributed by atoms with Crippen LogP contribution in [0.1, 0.15) is 39.7 Å². The van der Waals surface area contributed by atoms with Crippen molar-refractivity contribution in [1.29, 1.82) is 0 Å². The molecule has 1 saturated heterocycles. The SMILES string of the molecule is CCCOc1ccc(/C=C/C(=O)N2CCN(CC(=O)NC(C)C)CC2)cc1OCC. The lowest BCUT2D eigenvalue weighted by Gasteiger charge is -2.33. The number of carbonyl (C=O) groups is 2. The highest BCUT2D eigenvalue weighted by atomic mass is 16.5. The third-order valence-electron chi connectivity index (χ3n) is 4.65. The molecule has 0 radical (unpaired) electrons. The van der Waals surface area contributed by atoms with Gasteiger partial charge in [-0.2, -0.15) is 0 Å². The van der Waals surface area contributed by atoms with Gasteiger partial charge in [0.15, 0.2) is 11.5 Å². The van der Waals surface area contributed by atoms with Crippen molar-refractivity contribution in [3.8, 4) is 11.5 Å². The van der Waals surface area contributed by atoms with Crippen LogP contribution in [-0.2, 0) is 9.59 Å². The summed E-state index contributed by atoms with van der Waals surface area (Å²) >= 11 is 0. The molecule has 0 bridgehead atoms. The Morgan fingerprint density at radius 1 is 1.10 bits per heavy atom. The number of carbonyl (C=O) groups excluding carboxylic acids is 2. The molecular formula is C23H35N3O4. The number of nitrogens with one attached hydrogen (secondary N) is 1. The van der Waals surface area contributed by atoms with Gasteiger partial charge in [0.1, 0.15) is 0 Å². The Morgan fingerprint density at radius 2 is 1.83 bits per heavy atom. The second-order valence-corrected chi connectivity index (χ2v) is 7.64. The summed E-state index contributed by atoms with van der Waals surface area (Å²) in [6.45, 7) is 12.1. The molecule has 0 aromatic heterocycles. The first kappa shape index (κ1) is 23.7. The zero-order valence-corrected chi connectivity index (χ0v) is 18.6. The molecule has 1 N–H and O–H groups in total. The summed E-state index contributed by atoms with van der Waals surface area (Å²) in [5.74, 6) is 1.42. The highest BCUT2D eigenvalue weighted by Gasteiger charge is 2.21. The molecule has 1 aliphatic rings. The van der Waals surface area contributed by atoms with E-state index in [1.807, 2.05) is 43.9 Å². The highest BCUT2D eigenvalue weighted by molar-refractivity contribution is 5.92. The smallest absolute Gasteiger partial charge is 0.246 e. The van der Waals surface area contributed by atoms with Gasteiger partial charge in [-0.25, -0.2) is 0 Å². The number of hydrogen-bond donors (Lipinski definition) is 1. The summed E-state index contributed by atoms with van der Waals surface area (Å²) in [4.78, 5) is 28.3. The number of hydrogen-bond acceptors (Lipinski definition) is 5. The lowest BCUT2D eigenvalue weighted by Crippen LogP contribution is -2.51. The van der Waals surface area contributed by atoms with Crippen LogP contribution < -0.4 is 14.8 Å². The summed E-state index contributed by atoms with van der Waals surface area (Å²) in [5, 5.41) is 2.90. The predicted molar refractivity (Wildman–Crippen MR) is 119 cm³/mol. The molecule has 7 heteroatoms. The molecule has 1 aromatic carbocycles. The summed E-state index contributed by atoms with van der Waals surface area (Å²) in [5.41, 5.74) is 0.889. The molecule has 0 unspecified atom stereocenters. The highest BCUT2D eigenvalue weighted by Crippen LogP contribution is 2.29. The lowest BCUT2D eigenvalue weighted by molar-refractivity contribution is -0.128. The Labute approximate surface area is 180 Å². The van der Waals surface area contributed by atoms with Crippen LogP contribution in [0, 0.1) is 0 Å². The van der Waals surface area contributed by atoms with Crippen molar-refractivity contribution in [3.63, 3.8) is 0 Å². The van der Waals surface area contributed by atoms with Crippen LogP contribution in [0.3, 0.4) is 0 Å². The van der Waals surface area contributed by atoms with Gasteiger partial charge in [-0.05, 0) is 51.0 Å². The van der Waals surface area contributed by atoms with E-state index in [1.165, 1.54) is 0 Å². The van der Waals surface area contributed by atoms with Gasteiger partial charge in [-0.15, -0.1) is 0 Å². The topological polar surface area (TPSA) is 71.1 Å². The molecule has 0 saturated carbocycles. The second-order valence-electron chi connectivity index (χ2n) is 7.64. The minimum atomic E-state index is -0.0226. The van der Waals surface area contributed by atoms with E-state index in [0.29, 0.717) is 51.7 Å². The molecule has 7 nitrogen and oxygen atoms in total. The van der Waals surface area contributed by atoms with Crippen molar-refractivity contribution >= 4 is 17.9 Å². The van der Waals surface area contributed by atoms with Gasteiger partial charge in [-0.1, -0.05) is 13.0 Å². The number of amides is 2. The van der Waals surface area contributed by atoms with E-state index in [0.717, 1.165) is 17.7 Å². The number of piperazine rings is 1. The van der Waals surface area contributed by atoms with E-state index in [9.17, 15) is 9.59 Å². The zero-order valence-electron chi connectivity index (χ0n) is 18.6. The molecule has 1 aromatic rings. The number of ether oxygens (including phenoxy) is 2. The van der Waals surface area contributed by atoms with Gasteiger partial charge in [0, 0.05) is 38.3 Å². The first-order valence-corrected chi connectivity index (χ1v) is 10.8. The molecule has 2 amide bonds. The molecular weight excluding hydrogens is 382 g/mol. The first-order chi connectivity index (χ1) is 14.4.